The van der Waals surface area contributed by atoms with Gasteiger partial charge in [0.25, 0.3) is 0 Å². The minimum Gasteiger partial charge on any atom is 0 e. The first kappa shape index (κ1) is 63.0. The predicted molar refractivity (Wildman–Crippen MR) is 91.5 cm³/mol. The van der Waals surface area contributed by atoms with Crippen LogP contribution in [-0.2, 0) is 135 Å². The van der Waals surface area contributed by atoms with Gasteiger partial charge in [-0.05, 0) is 12.8 Å². The Morgan fingerprint density at radius 2 is 0.769 bits per heavy atom. The normalized spacial score (nSPS) is 6.15. The van der Waals surface area contributed by atoms with E-state index < -0.39 is 28.8 Å². The number of amides is 2. The maximum atomic E-state index is 9.48. The molecule has 0 bridgehead atoms. The maximum absolute atomic E-state index is 9.48. The van der Waals surface area contributed by atoms with Crippen molar-refractivity contribution < 1.29 is 135 Å². The van der Waals surface area contributed by atoms with Crippen molar-refractivity contribution in [2.75, 3.05) is 0 Å². The molecule has 0 fully saturated rings. The van der Waals surface area contributed by atoms with Crippen LogP contribution in [0.25, 0.3) is 11.5 Å². The van der Waals surface area contributed by atoms with Crippen LogP contribution in [0.5, 0.6) is 0 Å². The Morgan fingerprint density at radius 3 is 0.769 bits per heavy atom. The van der Waals surface area contributed by atoms with E-state index in [2.05, 4.69) is 41.5 Å². The molecule has 0 aromatic rings. The molecule has 0 saturated carbocycles. The van der Waals surface area contributed by atoms with Crippen LogP contribution in [-0.4, -0.2) is 11.8 Å². The van der Waals surface area contributed by atoms with Crippen LogP contribution in [0, 0.1) is 11.8 Å². The van der Waals surface area contributed by atoms with E-state index >= 15 is 0 Å². The van der Waals surface area contributed by atoms with Crippen molar-refractivity contribution in [3.63, 3.8) is 0 Å². The Balaban J connectivity index is -0.0000000148. The predicted octanol–water partition coefficient (Wildman–Crippen LogP) is 6.56. The fraction of sp³-hybridized carbons (Fsp3) is 0.714. The summed E-state index contributed by atoms with van der Waals surface area (Å²) in [6.45, 7) is 15.8. The third kappa shape index (κ3) is 328. The molecule has 0 spiro atoms. The van der Waals surface area contributed by atoms with Crippen molar-refractivity contribution in [1.29, 1.82) is 0 Å². The van der Waals surface area contributed by atoms with Crippen molar-refractivity contribution in [1.82, 2.24) is 0 Å². The second-order valence-corrected chi connectivity index (χ2v) is 7.20. The summed E-state index contributed by atoms with van der Waals surface area (Å²) in [6.07, 6.45) is 0.667. The number of hydrogen-bond acceptors (Lipinski definition) is 2. The first-order chi connectivity index (χ1) is 9.42. The van der Waals surface area contributed by atoms with Gasteiger partial charge in [0.05, 0.1) is 0 Å². The SMILES string of the molecule is CCC([NH-])=O.CCC([NH-])=O.C[C-](C)C.C[C-](C)C.[Cl][Ti][Cl].[Ti+2].[Ti].[Ti].[Ti].[Ti]. The van der Waals surface area contributed by atoms with E-state index in [1.807, 2.05) is 0 Å². The van der Waals surface area contributed by atoms with Gasteiger partial charge in [-0.15, -0.1) is 0 Å². The molecule has 2 amide bonds. The van der Waals surface area contributed by atoms with Crippen molar-refractivity contribution in [3.05, 3.63) is 23.3 Å². The van der Waals surface area contributed by atoms with E-state index in [4.69, 9.17) is 30.1 Å². The van der Waals surface area contributed by atoms with Crippen LogP contribution < -0.4 is 0 Å². The monoisotopic (exact) mass is 616 g/mol. The second kappa shape index (κ2) is 63.0. The molecule has 0 rings (SSSR count). The molecule has 0 aromatic heterocycles. The Kier molecular flexibility index (Phi) is 153. The molecule has 26 heavy (non-hydrogen) atoms. The molecule has 0 atom stereocenters. The Hall–Kier alpha value is 3.81. The van der Waals surface area contributed by atoms with Crippen LogP contribution >= 0.6 is 18.6 Å². The van der Waals surface area contributed by atoms with Crippen LogP contribution in [0.15, 0.2) is 0 Å². The Morgan fingerprint density at radius 1 is 0.731 bits per heavy atom. The summed E-state index contributed by atoms with van der Waals surface area (Å²) in [7, 11) is 9.78. The quantitative estimate of drug-likeness (QED) is 0.260. The second-order valence-electron chi connectivity index (χ2n) is 4.62. The summed E-state index contributed by atoms with van der Waals surface area (Å²) in [5.74, 6) is 1.84. The molecule has 0 saturated heterocycles. The average Bonchev–Trinajstić information content (AvgIpc) is 2.29. The van der Waals surface area contributed by atoms with E-state index in [-0.39, 0.29) is 109 Å². The minimum atomic E-state index is -0.556. The van der Waals surface area contributed by atoms with Crippen LogP contribution in [0.1, 0.15) is 68.2 Å². The molecule has 148 valence electrons. The van der Waals surface area contributed by atoms with Crippen LogP contribution in [0.2, 0.25) is 0 Å². The molecule has 0 aliphatic carbocycles. The zero-order valence-corrected chi connectivity index (χ0v) is 27.9. The summed E-state index contributed by atoms with van der Waals surface area (Å²) in [5.41, 5.74) is 12.4. The zero-order valence-electron chi connectivity index (χ0n) is 17.0. The van der Waals surface area contributed by atoms with Gasteiger partial charge in [0.2, 0.25) is 0 Å². The first-order valence-electron chi connectivity index (χ1n) is 6.41. The number of nitrogens with one attached hydrogen (secondary N) is 2. The third-order valence-electron chi connectivity index (χ3n) is 0.642. The molecule has 0 unspecified atom stereocenters. The van der Waals surface area contributed by atoms with Gasteiger partial charge in [-0.25, -0.2) is 0 Å². The Bertz CT molecular complexity index is 194. The number of halogens is 2. The number of carbonyl (C=O) groups excluding carboxylic acids is 2. The van der Waals surface area contributed by atoms with Gasteiger partial charge in [0.15, 0.2) is 0 Å². The third-order valence-corrected chi connectivity index (χ3v) is 0.642. The smallest absolute Gasteiger partial charge is 0 e. The molecular formula is C14H30Cl2N2O2Ti6-2. The van der Waals surface area contributed by atoms with Crippen molar-refractivity contribution in [2.45, 2.75) is 68.2 Å². The van der Waals surface area contributed by atoms with Crippen molar-refractivity contribution >= 4 is 30.4 Å². The van der Waals surface area contributed by atoms with E-state index in [0.717, 1.165) is 0 Å². The standard InChI is InChI=1S/2C4H9.2C3H7NO.2ClH.6Ti/c2*1-4(2)3;2*1-2-3(4)5;;;;;;;;/h2*1-3H3;2*2H2,1H3,(H2,4,5);2*1H;;;;;;/q2*-1;;;;;;;;;2*+2/p-4. The maximum Gasteiger partial charge on any atom is 2.00 e. The van der Waals surface area contributed by atoms with Crippen molar-refractivity contribution in [2.24, 2.45) is 0 Å². The summed E-state index contributed by atoms with van der Waals surface area (Å²) in [4.78, 5) is 19.0. The molecule has 4 nitrogen and oxygen atoms in total. The fourth-order valence-corrected chi connectivity index (χ4v) is 0. The van der Waals surface area contributed by atoms with Gasteiger partial charge in [-0.3, -0.25) is 0 Å². The van der Waals surface area contributed by atoms with Crippen molar-refractivity contribution in [3.8, 4) is 0 Å². The topological polar surface area (TPSA) is 81.7 Å². The molecule has 0 aliphatic heterocycles. The zero-order chi connectivity index (χ0) is 18.4. The van der Waals surface area contributed by atoms with Gasteiger partial charge < -0.3 is 32.9 Å². The molecule has 0 aliphatic rings. The molecule has 2 N–H and O–H groups in total. The molecular weight excluding hydrogens is 586 g/mol. The molecule has 0 heterocycles. The number of carbonyl (C=O) groups is 2. The molecule has 12 heteroatoms. The summed E-state index contributed by atoms with van der Waals surface area (Å²) < 4.78 is 0. The van der Waals surface area contributed by atoms with E-state index in [1.54, 1.807) is 13.8 Å². The first-order valence-corrected chi connectivity index (χ1v) is 10.7. The summed E-state index contributed by atoms with van der Waals surface area (Å²) in [6, 6.07) is 0. The summed E-state index contributed by atoms with van der Waals surface area (Å²) >= 11 is -0.556. The van der Waals surface area contributed by atoms with Gasteiger partial charge in [0, 0.05) is 98.7 Å². The number of hydrogen-bond donors (Lipinski definition) is 0. The molecule has 0 aromatic carbocycles. The molecule has 0 radical (unpaired) electrons. The van der Waals surface area contributed by atoms with Crippen LogP contribution in [0.3, 0.4) is 0 Å². The van der Waals surface area contributed by atoms with E-state index in [0.29, 0.717) is 12.8 Å². The minimum absolute atomic E-state index is 0. The number of rotatable bonds is 2. The van der Waals surface area contributed by atoms with Gasteiger partial charge >= 0.3 is 57.4 Å². The van der Waals surface area contributed by atoms with Gasteiger partial charge in [-0.1, -0.05) is 13.8 Å². The van der Waals surface area contributed by atoms with E-state index in [9.17, 15) is 9.59 Å². The Labute approximate surface area is 253 Å². The van der Waals surface area contributed by atoms with Crippen LogP contribution in [0.4, 0.5) is 0 Å². The van der Waals surface area contributed by atoms with E-state index in [1.165, 1.54) is 11.8 Å². The largest absolute Gasteiger partial charge is 2.00 e. The summed E-state index contributed by atoms with van der Waals surface area (Å²) in [5, 5.41) is 0. The average molecular weight is 617 g/mol. The van der Waals surface area contributed by atoms with Gasteiger partial charge in [-0.2, -0.15) is 41.5 Å². The van der Waals surface area contributed by atoms with Gasteiger partial charge in [0.1, 0.15) is 0 Å². The fourth-order valence-electron chi connectivity index (χ4n) is 0.